The van der Waals surface area contributed by atoms with E-state index in [9.17, 15) is 4.79 Å². The predicted molar refractivity (Wildman–Crippen MR) is 112 cm³/mol. The number of carbonyl (C=O) groups excluding carboxylic acids is 1. The van der Waals surface area contributed by atoms with Gasteiger partial charge in [-0.3, -0.25) is 9.36 Å². The van der Waals surface area contributed by atoms with E-state index in [-0.39, 0.29) is 12.3 Å². The molecule has 0 fully saturated rings. The first-order chi connectivity index (χ1) is 13.6. The molecule has 1 N–H and O–H groups in total. The molecule has 0 atom stereocenters. The molecule has 0 bridgehead atoms. The van der Waals surface area contributed by atoms with Crippen LogP contribution in [-0.2, 0) is 11.2 Å². The van der Waals surface area contributed by atoms with Crippen LogP contribution in [0.5, 0.6) is 0 Å². The summed E-state index contributed by atoms with van der Waals surface area (Å²) in [6.45, 7) is 3.78. The Balaban J connectivity index is 1.45. The number of nitrogens with zero attached hydrogens (tertiary/aromatic N) is 4. The van der Waals surface area contributed by atoms with Crippen molar-refractivity contribution in [2.75, 3.05) is 0 Å². The number of hydrazone groups is 1. The molecule has 2 aromatic carbocycles. The largest absolute Gasteiger partial charge is 0.299 e. The predicted octanol–water partition coefficient (Wildman–Crippen LogP) is 3.87. The molecule has 140 valence electrons. The molecule has 0 saturated heterocycles. The van der Waals surface area contributed by atoms with Crippen molar-refractivity contribution >= 4 is 34.0 Å². The molecule has 2 heterocycles. The summed E-state index contributed by atoms with van der Waals surface area (Å²) in [7, 11) is 0. The molecule has 0 aliphatic heterocycles. The minimum absolute atomic E-state index is 0.171. The maximum Gasteiger partial charge on any atom is 0.246 e. The van der Waals surface area contributed by atoms with Crippen LogP contribution in [-0.4, -0.2) is 26.2 Å². The maximum absolute atomic E-state index is 12.0. The highest BCUT2D eigenvalue weighted by molar-refractivity contribution is 7.09. The smallest absolute Gasteiger partial charge is 0.246 e. The number of hydrogen-bond acceptors (Lipinski definition) is 5. The fourth-order valence-electron chi connectivity index (χ4n) is 2.90. The molecule has 0 aliphatic carbocycles. The summed E-state index contributed by atoms with van der Waals surface area (Å²) in [6, 6.07) is 16.0. The molecule has 4 aromatic rings. The number of para-hydroxylation sites is 2. The van der Waals surface area contributed by atoms with Crippen molar-refractivity contribution in [1.29, 1.82) is 0 Å². The number of thiazole rings is 1. The summed E-state index contributed by atoms with van der Waals surface area (Å²) in [4.78, 5) is 20.7. The van der Waals surface area contributed by atoms with Crippen molar-refractivity contribution in [3.05, 3.63) is 76.5 Å². The number of imidazole rings is 1. The third kappa shape index (κ3) is 3.84. The van der Waals surface area contributed by atoms with Crippen molar-refractivity contribution in [2.45, 2.75) is 20.3 Å². The highest BCUT2D eigenvalue weighted by atomic mass is 32.1. The van der Waals surface area contributed by atoms with Crippen LogP contribution in [0.3, 0.4) is 0 Å². The van der Waals surface area contributed by atoms with Crippen molar-refractivity contribution in [2.24, 2.45) is 5.10 Å². The lowest BCUT2D eigenvalue weighted by atomic mass is 10.1. The monoisotopic (exact) mass is 389 g/mol. The van der Waals surface area contributed by atoms with Gasteiger partial charge in [0.25, 0.3) is 0 Å². The Labute approximate surface area is 166 Å². The number of benzene rings is 2. The van der Waals surface area contributed by atoms with Crippen LogP contribution in [0.1, 0.15) is 23.2 Å². The molecule has 0 unspecified atom stereocenters. The molecule has 6 nitrogen and oxygen atoms in total. The number of carbonyl (C=O) groups is 1. The topological polar surface area (TPSA) is 72.2 Å². The van der Waals surface area contributed by atoms with E-state index in [1.165, 1.54) is 11.3 Å². The second-order valence-electron chi connectivity index (χ2n) is 6.44. The third-order valence-electron chi connectivity index (χ3n) is 4.34. The summed E-state index contributed by atoms with van der Waals surface area (Å²) in [5, 5.41) is 6.94. The van der Waals surface area contributed by atoms with Crippen molar-refractivity contribution in [3.63, 3.8) is 0 Å². The van der Waals surface area contributed by atoms with Crippen LogP contribution in [0.25, 0.3) is 16.7 Å². The molecule has 0 saturated carbocycles. The fourth-order valence-corrected chi connectivity index (χ4v) is 3.67. The lowest BCUT2D eigenvalue weighted by Crippen LogP contribution is -2.21. The van der Waals surface area contributed by atoms with Crippen molar-refractivity contribution < 1.29 is 4.79 Å². The van der Waals surface area contributed by atoms with Gasteiger partial charge in [-0.15, -0.1) is 11.3 Å². The number of nitrogens with one attached hydrogen (secondary N) is 1. The first-order valence-electron chi connectivity index (χ1n) is 8.87. The minimum atomic E-state index is -0.171. The van der Waals surface area contributed by atoms with Gasteiger partial charge in [-0.25, -0.2) is 15.4 Å². The maximum atomic E-state index is 12.0. The Morgan fingerprint density at radius 3 is 2.71 bits per heavy atom. The van der Waals surface area contributed by atoms with Gasteiger partial charge in [-0.1, -0.05) is 24.3 Å². The average molecular weight is 389 g/mol. The Kier molecular flexibility index (Phi) is 4.99. The Hall–Kier alpha value is -3.32. The molecular weight excluding hydrogens is 370 g/mol. The summed E-state index contributed by atoms with van der Waals surface area (Å²) in [5.41, 5.74) is 8.26. The molecule has 7 heteroatoms. The van der Waals surface area contributed by atoms with Crippen LogP contribution in [0.4, 0.5) is 0 Å². The van der Waals surface area contributed by atoms with Crippen LogP contribution in [0.15, 0.2) is 65.3 Å². The van der Waals surface area contributed by atoms with E-state index < -0.39 is 0 Å². The Morgan fingerprint density at radius 1 is 1.18 bits per heavy atom. The van der Waals surface area contributed by atoms with Crippen LogP contribution < -0.4 is 5.43 Å². The second kappa shape index (κ2) is 7.74. The highest BCUT2D eigenvalue weighted by Crippen LogP contribution is 2.18. The van der Waals surface area contributed by atoms with Gasteiger partial charge in [0, 0.05) is 16.8 Å². The number of fused-ring (bicyclic) bond motifs is 1. The third-order valence-corrected chi connectivity index (χ3v) is 5.31. The van der Waals surface area contributed by atoms with Gasteiger partial charge >= 0.3 is 0 Å². The number of hydrogen-bond donors (Lipinski definition) is 1. The summed E-state index contributed by atoms with van der Waals surface area (Å²) in [5.74, 6) is -0.171. The van der Waals surface area contributed by atoms with E-state index in [4.69, 9.17) is 0 Å². The fraction of sp³-hybridized carbons (Fsp3) is 0.143. The lowest BCUT2D eigenvalue weighted by molar-refractivity contribution is -0.120. The second-order valence-corrected chi connectivity index (χ2v) is 7.38. The van der Waals surface area contributed by atoms with Gasteiger partial charge in [-0.2, -0.15) is 5.10 Å². The molecule has 2 aromatic heterocycles. The van der Waals surface area contributed by atoms with Gasteiger partial charge in [0.05, 0.1) is 23.2 Å². The van der Waals surface area contributed by atoms with E-state index in [2.05, 4.69) is 20.5 Å². The molecule has 0 radical (unpaired) electrons. The van der Waals surface area contributed by atoms with Gasteiger partial charge in [0.2, 0.25) is 5.91 Å². The van der Waals surface area contributed by atoms with E-state index in [1.54, 1.807) is 0 Å². The number of rotatable bonds is 5. The Morgan fingerprint density at radius 2 is 1.96 bits per heavy atom. The zero-order valence-electron chi connectivity index (χ0n) is 15.6. The summed E-state index contributed by atoms with van der Waals surface area (Å²) in [6.07, 6.45) is 2.06. The average Bonchev–Trinajstić information content (AvgIpc) is 3.32. The van der Waals surface area contributed by atoms with Gasteiger partial charge < -0.3 is 0 Å². The zero-order valence-corrected chi connectivity index (χ0v) is 16.4. The van der Waals surface area contributed by atoms with E-state index >= 15 is 0 Å². The summed E-state index contributed by atoms with van der Waals surface area (Å²) >= 11 is 1.48. The van der Waals surface area contributed by atoms with E-state index in [0.29, 0.717) is 0 Å². The molecule has 28 heavy (non-hydrogen) atoms. The molecule has 1 amide bonds. The summed E-state index contributed by atoms with van der Waals surface area (Å²) < 4.78 is 2.05. The normalized spacial score (nSPS) is 11.7. The quantitative estimate of drug-likeness (QED) is 0.416. The standard InChI is InChI=1S/C21H19N5OS/c1-14-12-28-21(23-14)11-20(27)25-24-15(2)16-7-9-17(10-8-16)26-13-22-18-5-3-4-6-19(18)26/h3-10,12-13H,11H2,1-2H3,(H,25,27)/b24-15-. The van der Waals surface area contributed by atoms with Gasteiger partial charge in [0.15, 0.2) is 0 Å². The first kappa shape index (κ1) is 18.1. The van der Waals surface area contributed by atoms with Gasteiger partial charge in [-0.05, 0) is 43.7 Å². The number of aromatic nitrogens is 3. The van der Waals surface area contributed by atoms with Gasteiger partial charge in [0.1, 0.15) is 11.3 Å². The molecular formula is C21H19N5OS. The minimum Gasteiger partial charge on any atom is -0.299 e. The number of aryl methyl sites for hydroxylation is 1. The highest BCUT2D eigenvalue weighted by Gasteiger charge is 2.07. The lowest BCUT2D eigenvalue weighted by Gasteiger charge is -2.06. The molecule has 0 spiro atoms. The zero-order chi connectivity index (χ0) is 19.5. The van der Waals surface area contributed by atoms with E-state index in [0.717, 1.165) is 38.7 Å². The number of amides is 1. The van der Waals surface area contributed by atoms with Crippen LogP contribution in [0.2, 0.25) is 0 Å². The molecule has 4 rings (SSSR count). The van der Waals surface area contributed by atoms with E-state index in [1.807, 2.05) is 78.7 Å². The first-order valence-corrected chi connectivity index (χ1v) is 9.75. The molecule has 0 aliphatic rings. The van der Waals surface area contributed by atoms with Crippen LogP contribution >= 0.6 is 11.3 Å². The van der Waals surface area contributed by atoms with Crippen molar-refractivity contribution in [1.82, 2.24) is 20.0 Å². The Bertz CT molecular complexity index is 1160. The van der Waals surface area contributed by atoms with Crippen LogP contribution in [0, 0.1) is 6.92 Å². The SMILES string of the molecule is C/C(=N/NC(=O)Cc1nc(C)cs1)c1ccc(-n2cnc3ccccc32)cc1. The van der Waals surface area contributed by atoms with Crippen molar-refractivity contribution in [3.8, 4) is 5.69 Å².